The molecule has 61 heavy (non-hydrogen) atoms. The van der Waals surface area contributed by atoms with Crippen LogP contribution < -0.4 is 0 Å². The molecule has 348 valence electrons. The molecule has 13 atom stereocenters. The number of thioether (sulfide) groups is 1. The van der Waals surface area contributed by atoms with Crippen molar-refractivity contribution in [3.8, 4) is 0 Å². The molecule has 3 rings (SSSR count). The first-order valence-corrected chi connectivity index (χ1v) is 23.6. The second kappa shape index (κ2) is 27.0. The topological polar surface area (TPSA) is 167 Å². The van der Waals surface area contributed by atoms with Crippen LogP contribution in [0.5, 0.6) is 0 Å². The third-order valence-electron chi connectivity index (χ3n) is 12.7. The maximum Gasteiger partial charge on any atom is 0.329 e. The van der Waals surface area contributed by atoms with Crippen molar-refractivity contribution in [2.45, 2.75) is 154 Å². The summed E-state index contributed by atoms with van der Waals surface area (Å²) in [7, 11) is 5.10. The highest BCUT2D eigenvalue weighted by Gasteiger charge is 2.40. The number of aliphatic hydroxyl groups excluding tert-OH is 2. The summed E-state index contributed by atoms with van der Waals surface area (Å²) in [5.41, 5.74) is 1.76. The Hall–Kier alpha value is -2.43. The zero-order valence-electron chi connectivity index (χ0n) is 38.4. The van der Waals surface area contributed by atoms with Crippen molar-refractivity contribution >= 4 is 35.2 Å². The molecule has 2 heterocycles. The van der Waals surface area contributed by atoms with E-state index in [-0.39, 0.29) is 61.1 Å². The number of rotatable bonds is 25. The number of ketones is 2. The monoisotopic (exact) mass is 880 g/mol. The van der Waals surface area contributed by atoms with Crippen LogP contribution >= 0.6 is 11.8 Å². The van der Waals surface area contributed by atoms with E-state index in [0.29, 0.717) is 56.1 Å². The van der Waals surface area contributed by atoms with Crippen molar-refractivity contribution in [1.29, 1.82) is 0 Å². The minimum atomic E-state index is -1.18. The number of esters is 1. The van der Waals surface area contributed by atoms with E-state index < -0.39 is 54.4 Å². The number of methoxy groups -OCH3 is 3. The third kappa shape index (κ3) is 16.0. The number of hydrogen-bond donors (Lipinski definition) is 2. The minimum absolute atomic E-state index is 0.0326. The van der Waals surface area contributed by atoms with Gasteiger partial charge in [-0.3, -0.25) is 14.4 Å². The van der Waals surface area contributed by atoms with Crippen LogP contribution in [0.15, 0.2) is 36.0 Å². The molecular weight excluding hydrogens is 803 g/mol. The normalized spacial score (nSPS) is 28.2. The molecule has 3 aliphatic rings. The predicted molar refractivity (Wildman–Crippen MR) is 237 cm³/mol. The lowest BCUT2D eigenvalue weighted by molar-refractivity contribution is -0.164. The molecule has 2 N–H and O–H groups in total. The van der Waals surface area contributed by atoms with Crippen LogP contribution in [-0.4, -0.2) is 141 Å². The van der Waals surface area contributed by atoms with E-state index in [2.05, 4.69) is 26.5 Å². The highest BCUT2D eigenvalue weighted by atomic mass is 32.2. The van der Waals surface area contributed by atoms with Crippen molar-refractivity contribution in [3.63, 3.8) is 0 Å². The van der Waals surface area contributed by atoms with Crippen LogP contribution in [0.3, 0.4) is 0 Å². The average Bonchev–Trinajstić information content (AvgIpc) is 3.25. The fourth-order valence-electron chi connectivity index (χ4n) is 9.39. The summed E-state index contributed by atoms with van der Waals surface area (Å²) in [6, 6.07) is -1.02. The van der Waals surface area contributed by atoms with Gasteiger partial charge in [0.25, 0.3) is 5.91 Å². The van der Waals surface area contributed by atoms with E-state index in [9.17, 15) is 29.4 Å². The number of nitrogens with zero attached hydrogens (tertiary/aromatic N) is 1. The van der Waals surface area contributed by atoms with Crippen LogP contribution in [0.25, 0.3) is 0 Å². The molecular formula is C47H77NO12S. The summed E-state index contributed by atoms with van der Waals surface area (Å²) in [4.78, 5) is 54.3. The number of carbonyl (C=O) groups excluding carboxylic acids is 4. The lowest BCUT2D eigenvalue weighted by atomic mass is 9.81. The van der Waals surface area contributed by atoms with E-state index in [1.54, 1.807) is 46.1 Å². The molecule has 0 aromatic carbocycles. The van der Waals surface area contributed by atoms with Gasteiger partial charge >= 0.3 is 5.97 Å². The van der Waals surface area contributed by atoms with E-state index in [4.69, 9.17) is 28.4 Å². The van der Waals surface area contributed by atoms with Crippen LogP contribution in [0.4, 0.5) is 0 Å². The Morgan fingerprint density at radius 1 is 0.984 bits per heavy atom. The van der Waals surface area contributed by atoms with Gasteiger partial charge in [-0.1, -0.05) is 44.6 Å². The van der Waals surface area contributed by atoms with Gasteiger partial charge in [0.2, 0.25) is 5.78 Å². The zero-order valence-corrected chi connectivity index (χ0v) is 39.2. The standard InChI is InChI=1S/C47H77NO12S/c1-11-14-35(20-29(2)19-30(3)21-42(56-8)45-43(57-9)22-31(4)27-58-45)38(51)25-37(50)33(6)44(32(5)23-34-16-17-40(59-28-61-10)41(24-34)55-7)60-47(54)36-15-12-13-18-48(36)46(53)39(52)26-49/h11,20,23,30-31,33-37,40-45,49-50H,1,12-19,21-22,24-28H2,2-10H3/b29-20+,32-23+/t30-,31+,33+,34-,35+,36-,37-,40+,41+,42-,43-,44+,45+/m0/s1. The molecule has 0 aromatic heterocycles. The Bertz CT molecular complexity index is 1470. The molecule has 0 spiro atoms. The molecule has 13 nitrogen and oxygen atoms in total. The van der Waals surface area contributed by atoms with Crippen LogP contribution in [0.2, 0.25) is 0 Å². The van der Waals surface area contributed by atoms with Gasteiger partial charge in [-0.25, -0.2) is 4.79 Å². The van der Waals surface area contributed by atoms with Crippen molar-refractivity contribution in [2.24, 2.45) is 29.6 Å². The predicted octanol–water partition coefficient (Wildman–Crippen LogP) is 6.27. The first-order valence-electron chi connectivity index (χ1n) is 22.2. The lowest BCUT2D eigenvalue weighted by Gasteiger charge is -2.38. The number of amides is 1. The first kappa shape index (κ1) is 52.9. The summed E-state index contributed by atoms with van der Waals surface area (Å²) >= 11 is 1.61. The number of aliphatic hydroxyl groups is 2. The molecule has 0 aromatic rings. The highest BCUT2D eigenvalue weighted by molar-refractivity contribution is 7.98. The molecule has 1 aliphatic carbocycles. The number of carbonyl (C=O) groups is 4. The van der Waals surface area contributed by atoms with Gasteiger partial charge in [0.05, 0.1) is 36.5 Å². The number of Topliss-reactive ketones (excluding diaryl/α,β-unsaturated/α-hetero) is 2. The SMILES string of the molecule is C=CC[C@H](/C=C(\C)C[C@H](C)C[C@H](OC)[C@H]1OC[C@H](C)C[C@@H]1OC)C(=O)C[C@H](O)[C@@H](C)[C@H](OC(=O)[C@@H]1CCCCN1C(=O)C(=O)CO)/C(C)=C/[C@@H]1CC[C@@H](OCSC)[C@H](OC)C1. The highest BCUT2D eigenvalue weighted by Crippen LogP contribution is 2.34. The lowest BCUT2D eigenvalue weighted by Crippen LogP contribution is -2.52. The second-order valence-corrected chi connectivity index (χ2v) is 18.6. The summed E-state index contributed by atoms with van der Waals surface area (Å²) in [5, 5.41) is 21.2. The molecule has 0 bridgehead atoms. The Kier molecular flexibility index (Phi) is 23.4. The van der Waals surface area contributed by atoms with Gasteiger partial charge in [-0.2, -0.15) is 0 Å². The molecule has 2 aliphatic heterocycles. The minimum Gasteiger partial charge on any atom is -0.456 e. The summed E-state index contributed by atoms with van der Waals surface area (Å²) in [5.74, 6) is -2.68. The fraction of sp³-hybridized carbons (Fsp3) is 0.787. The number of piperidine rings is 1. The van der Waals surface area contributed by atoms with Gasteiger partial charge in [-0.15, -0.1) is 18.3 Å². The molecule has 14 heteroatoms. The Morgan fingerprint density at radius 3 is 2.34 bits per heavy atom. The summed E-state index contributed by atoms with van der Waals surface area (Å²) in [6.45, 7) is 13.8. The Labute approximate surface area is 369 Å². The average molecular weight is 880 g/mol. The molecule has 0 unspecified atom stereocenters. The number of allylic oxidation sites excluding steroid dienone is 4. The molecule has 1 amide bonds. The van der Waals surface area contributed by atoms with Crippen LogP contribution in [0, 0.1) is 29.6 Å². The summed E-state index contributed by atoms with van der Waals surface area (Å²) in [6.07, 6.45) is 11.6. The van der Waals surface area contributed by atoms with Gasteiger partial charge in [0.1, 0.15) is 30.6 Å². The fourth-order valence-corrected chi connectivity index (χ4v) is 9.70. The van der Waals surface area contributed by atoms with Crippen LogP contribution in [0.1, 0.15) is 105 Å². The van der Waals surface area contributed by atoms with E-state index in [0.717, 1.165) is 37.7 Å². The molecule has 0 radical (unpaired) electrons. The quantitative estimate of drug-likeness (QED) is 0.0456. The summed E-state index contributed by atoms with van der Waals surface area (Å²) < 4.78 is 36.0. The Morgan fingerprint density at radius 2 is 1.70 bits per heavy atom. The van der Waals surface area contributed by atoms with E-state index in [1.807, 2.05) is 26.2 Å². The maximum absolute atomic E-state index is 14.0. The van der Waals surface area contributed by atoms with Gasteiger partial charge in [-0.05, 0) is 108 Å². The number of ether oxygens (including phenoxy) is 6. The largest absolute Gasteiger partial charge is 0.456 e. The molecule has 1 saturated carbocycles. The van der Waals surface area contributed by atoms with Crippen molar-refractivity contribution in [2.75, 3.05) is 53.3 Å². The Balaban J connectivity index is 1.80. The van der Waals surface area contributed by atoms with Crippen molar-refractivity contribution in [1.82, 2.24) is 4.90 Å². The molecule has 3 fully saturated rings. The number of hydrogen-bond acceptors (Lipinski definition) is 13. The maximum atomic E-state index is 14.0. The van der Waals surface area contributed by atoms with Crippen molar-refractivity contribution in [3.05, 3.63) is 36.0 Å². The molecule has 2 saturated heterocycles. The second-order valence-electron chi connectivity index (χ2n) is 17.8. The van der Waals surface area contributed by atoms with E-state index in [1.165, 1.54) is 4.90 Å². The first-order chi connectivity index (χ1) is 29.1. The van der Waals surface area contributed by atoms with Gasteiger partial charge < -0.3 is 43.5 Å². The van der Waals surface area contributed by atoms with Crippen molar-refractivity contribution < 1.29 is 57.8 Å². The van der Waals surface area contributed by atoms with E-state index >= 15 is 0 Å². The zero-order chi connectivity index (χ0) is 45.2. The van der Waals surface area contributed by atoms with Gasteiger partial charge in [0.15, 0.2) is 0 Å². The van der Waals surface area contributed by atoms with Gasteiger partial charge in [0, 0.05) is 52.7 Å². The number of likely N-dealkylation sites (tertiary alicyclic amines) is 1. The smallest absolute Gasteiger partial charge is 0.329 e. The van der Waals surface area contributed by atoms with Crippen LogP contribution in [-0.2, 0) is 47.6 Å². The third-order valence-corrected chi connectivity index (χ3v) is 13.1.